The molecular weight excluding hydrogens is 501 g/mol. The summed E-state index contributed by atoms with van der Waals surface area (Å²) in [5.41, 5.74) is 16.3. The fourth-order valence-electron chi connectivity index (χ4n) is 5.35. The average Bonchev–Trinajstić information content (AvgIpc) is 3.69. The van der Waals surface area contributed by atoms with Gasteiger partial charge in [0.15, 0.2) is 0 Å². The number of ether oxygens (including phenoxy) is 1. The van der Waals surface area contributed by atoms with E-state index in [0.29, 0.717) is 66.7 Å². The Kier molecular flexibility index (Phi) is 10.4. The molecule has 3 aliphatic rings. The van der Waals surface area contributed by atoms with Crippen LogP contribution < -0.4 is 21.8 Å². The number of piperidine rings is 1. The van der Waals surface area contributed by atoms with Crippen LogP contribution in [0.3, 0.4) is 0 Å². The second-order valence-corrected chi connectivity index (χ2v) is 11.2. The summed E-state index contributed by atoms with van der Waals surface area (Å²) < 4.78 is 20.5. The van der Waals surface area contributed by atoms with Gasteiger partial charge in [0, 0.05) is 62.3 Å². The Morgan fingerprint density at radius 2 is 2.00 bits per heavy atom. The van der Waals surface area contributed by atoms with Crippen molar-refractivity contribution in [3.8, 4) is 5.75 Å². The zero-order valence-electron chi connectivity index (χ0n) is 23.3. The zero-order chi connectivity index (χ0) is 27.8. The first kappa shape index (κ1) is 29.1. The smallest absolute Gasteiger partial charge is 0.317 e. The topological polar surface area (TPSA) is 123 Å². The molecule has 1 saturated heterocycles. The molecule has 4 rings (SSSR count). The van der Waals surface area contributed by atoms with Gasteiger partial charge in [-0.2, -0.15) is 0 Å². The molecule has 1 unspecified atom stereocenters. The van der Waals surface area contributed by atoms with Gasteiger partial charge in [0.1, 0.15) is 11.6 Å². The zero-order valence-corrected chi connectivity index (χ0v) is 23.3. The number of hydrazine groups is 1. The summed E-state index contributed by atoms with van der Waals surface area (Å²) in [5, 5.41) is 5.40. The van der Waals surface area contributed by atoms with Crippen LogP contribution in [0.1, 0.15) is 51.5 Å². The third-order valence-corrected chi connectivity index (χ3v) is 7.76. The third-order valence-electron chi connectivity index (χ3n) is 7.76. The first-order valence-electron chi connectivity index (χ1n) is 14.0. The van der Waals surface area contributed by atoms with E-state index in [9.17, 15) is 4.39 Å². The van der Waals surface area contributed by atoms with Crippen LogP contribution in [0.25, 0.3) is 0 Å². The number of nitrogens with two attached hydrogens (primary N) is 2. The van der Waals surface area contributed by atoms with Crippen molar-refractivity contribution < 1.29 is 18.8 Å². The number of hydrogen-bond acceptors (Lipinski definition) is 9. The molecule has 1 aromatic rings. The van der Waals surface area contributed by atoms with Gasteiger partial charge >= 0.3 is 6.02 Å². The van der Waals surface area contributed by atoms with Gasteiger partial charge in [0.2, 0.25) is 0 Å². The molecule has 0 aromatic heterocycles. The van der Waals surface area contributed by atoms with E-state index in [-0.39, 0.29) is 12.4 Å². The lowest BCUT2D eigenvalue weighted by atomic mass is 9.90. The maximum absolute atomic E-state index is 14.6. The van der Waals surface area contributed by atoms with Crippen LogP contribution in [-0.4, -0.2) is 62.0 Å². The van der Waals surface area contributed by atoms with Crippen molar-refractivity contribution in [3.05, 3.63) is 41.0 Å². The molecule has 1 aliphatic carbocycles. The highest BCUT2D eigenvalue weighted by molar-refractivity contribution is 5.74. The van der Waals surface area contributed by atoms with Crippen molar-refractivity contribution in [1.82, 2.24) is 15.5 Å². The molecule has 0 spiro atoms. The lowest BCUT2D eigenvalue weighted by Gasteiger charge is -2.32. The molecule has 11 heteroatoms. The second-order valence-electron chi connectivity index (χ2n) is 11.2. The number of hydrogen-bond donors (Lipinski definition) is 3. The van der Waals surface area contributed by atoms with Gasteiger partial charge in [-0.3, -0.25) is 4.84 Å². The Morgan fingerprint density at radius 1 is 1.21 bits per heavy atom. The van der Waals surface area contributed by atoms with Crippen molar-refractivity contribution in [2.45, 2.75) is 52.6 Å². The monoisotopic (exact) mass is 545 g/mol. The van der Waals surface area contributed by atoms with Crippen molar-refractivity contribution in [2.75, 3.05) is 39.3 Å². The molecule has 2 aliphatic heterocycles. The van der Waals surface area contributed by atoms with Gasteiger partial charge < -0.3 is 25.9 Å². The third kappa shape index (κ3) is 8.55. The molecule has 10 nitrogen and oxygen atoms in total. The molecule has 2 atom stereocenters. The number of rotatable bonds is 12. The molecule has 1 saturated carbocycles. The largest absolute Gasteiger partial charge is 0.493 e. The maximum Gasteiger partial charge on any atom is 0.317 e. The highest BCUT2D eigenvalue weighted by Gasteiger charge is 2.43. The standard InChI is InChI=1S/C28H44FN7O3/c1-19(2)16-33-28(39-32-3)35-10-6-20(7-11-35)24-14-21(24)9-13-37-23-5-4-22(25(29)15-23)18-38-34-36-12-8-26(30)27(31)17-36/h4-5,15,19-21,24,34H,3,6-14,16-18,30-31H2,1-2H3/b33-28-/t21-,24?/m1/s1. The maximum atomic E-state index is 14.6. The first-order chi connectivity index (χ1) is 18.8. The Morgan fingerprint density at radius 3 is 2.69 bits per heavy atom. The van der Waals surface area contributed by atoms with Crippen LogP contribution in [0, 0.1) is 29.5 Å². The molecule has 5 N–H and O–H groups in total. The quantitative estimate of drug-likeness (QED) is 0.208. The Balaban J connectivity index is 1.13. The van der Waals surface area contributed by atoms with E-state index < -0.39 is 0 Å². The Bertz CT molecular complexity index is 1030. The summed E-state index contributed by atoms with van der Waals surface area (Å²) in [5.74, 6) is 2.81. The molecule has 39 heavy (non-hydrogen) atoms. The SMILES string of the molecule is C=NO/C(=N\CC(C)C)N1CCC(C2C[C@H]2CCOc2ccc(CONN3CCC(N)=C(N)C3)c(F)c2)CC1. The molecule has 0 radical (unpaired) electrons. The van der Waals surface area contributed by atoms with Gasteiger partial charge in [0.05, 0.1) is 19.8 Å². The van der Waals surface area contributed by atoms with Gasteiger partial charge in [-0.1, -0.05) is 25.1 Å². The number of halogens is 1. The van der Waals surface area contributed by atoms with E-state index >= 15 is 0 Å². The number of nitrogens with one attached hydrogen (secondary N) is 1. The van der Waals surface area contributed by atoms with E-state index in [1.165, 1.54) is 12.5 Å². The number of nitrogens with zero attached hydrogens (tertiary/aromatic N) is 4. The molecule has 1 aromatic carbocycles. The molecule has 0 bridgehead atoms. The second kappa shape index (κ2) is 14.0. The number of aliphatic imine (C=N–C) groups is 1. The Hall–Kier alpha value is -2.89. The van der Waals surface area contributed by atoms with Crippen LogP contribution >= 0.6 is 0 Å². The van der Waals surface area contributed by atoms with E-state index in [2.05, 4.69) is 41.2 Å². The highest BCUT2D eigenvalue weighted by atomic mass is 19.1. The van der Waals surface area contributed by atoms with Gasteiger partial charge in [0.25, 0.3) is 0 Å². The van der Waals surface area contributed by atoms with Crippen LogP contribution in [0.4, 0.5) is 4.39 Å². The van der Waals surface area contributed by atoms with E-state index in [0.717, 1.165) is 50.7 Å². The summed E-state index contributed by atoms with van der Waals surface area (Å²) in [7, 11) is 0. The van der Waals surface area contributed by atoms with Gasteiger partial charge in [-0.25, -0.2) is 14.4 Å². The lowest BCUT2D eigenvalue weighted by Crippen LogP contribution is -2.44. The number of benzene rings is 1. The van der Waals surface area contributed by atoms with Gasteiger partial charge in [-0.05, 0) is 55.4 Å². The lowest BCUT2D eigenvalue weighted by molar-refractivity contribution is -0.0915. The normalized spacial score (nSPS) is 22.9. The molecule has 0 amide bonds. The van der Waals surface area contributed by atoms with E-state index in [1.807, 2.05) is 5.01 Å². The van der Waals surface area contributed by atoms with Crippen LogP contribution in [-0.2, 0) is 16.3 Å². The van der Waals surface area contributed by atoms with E-state index in [1.54, 1.807) is 12.1 Å². The minimum absolute atomic E-state index is 0.0889. The highest BCUT2D eigenvalue weighted by Crippen LogP contribution is 2.49. The fourth-order valence-corrected chi connectivity index (χ4v) is 5.35. The summed E-state index contributed by atoms with van der Waals surface area (Å²) in [4.78, 5) is 17.6. The molecule has 2 fully saturated rings. The van der Waals surface area contributed by atoms with Crippen molar-refractivity contribution >= 4 is 12.7 Å². The molecular formula is C28H44FN7O3. The van der Waals surface area contributed by atoms with Crippen molar-refractivity contribution in [1.29, 1.82) is 0 Å². The summed E-state index contributed by atoms with van der Waals surface area (Å²) in [6, 6.07) is 5.52. The first-order valence-corrected chi connectivity index (χ1v) is 14.0. The number of likely N-dealkylation sites (tertiary alicyclic amines) is 1. The molecule has 2 heterocycles. The van der Waals surface area contributed by atoms with Crippen LogP contribution in [0.2, 0.25) is 0 Å². The Labute approximate surface area is 231 Å². The van der Waals surface area contributed by atoms with Crippen LogP contribution in [0.5, 0.6) is 5.75 Å². The summed E-state index contributed by atoms with van der Waals surface area (Å²) in [6.45, 7) is 12.1. The van der Waals surface area contributed by atoms with Crippen molar-refractivity contribution in [3.63, 3.8) is 0 Å². The average molecular weight is 546 g/mol. The molecule has 216 valence electrons. The van der Waals surface area contributed by atoms with Crippen LogP contribution in [0.15, 0.2) is 39.7 Å². The minimum atomic E-state index is -0.348. The number of amidine groups is 1. The van der Waals surface area contributed by atoms with Crippen molar-refractivity contribution in [2.24, 2.45) is 45.3 Å². The fraction of sp³-hybridized carbons (Fsp3) is 0.643. The predicted octanol–water partition coefficient (Wildman–Crippen LogP) is 3.36. The van der Waals surface area contributed by atoms with E-state index in [4.69, 9.17) is 25.9 Å². The summed E-state index contributed by atoms with van der Waals surface area (Å²) in [6.07, 6.45) is 5.16. The van der Waals surface area contributed by atoms with Gasteiger partial charge in [-0.15, -0.1) is 5.59 Å². The summed E-state index contributed by atoms with van der Waals surface area (Å²) >= 11 is 0. The number of oxime groups is 1. The predicted molar refractivity (Wildman–Crippen MR) is 150 cm³/mol. The minimum Gasteiger partial charge on any atom is -0.493 e.